The summed E-state index contributed by atoms with van der Waals surface area (Å²) in [5, 5.41) is 2.76. The van der Waals surface area contributed by atoms with Gasteiger partial charge in [-0.1, -0.05) is 40.2 Å². The highest BCUT2D eigenvalue weighted by atomic mass is 79.9. The number of amides is 2. The fourth-order valence-electron chi connectivity index (χ4n) is 2.62. The van der Waals surface area contributed by atoms with Gasteiger partial charge in [-0.15, -0.1) is 0 Å². The fraction of sp³-hybridized carbons (Fsp3) is 0.300. The van der Waals surface area contributed by atoms with Crippen molar-refractivity contribution in [3.63, 3.8) is 0 Å². The van der Waals surface area contributed by atoms with Crippen molar-refractivity contribution >= 4 is 27.7 Å². The van der Waals surface area contributed by atoms with Crippen molar-refractivity contribution in [2.75, 3.05) is 6.54 Å². The fourth-order valence-corrected chi connectivity index (χ4v) is 3.06. The Morgan fingerprint density at radius 3 is 2.46 bits per heavy atom. The van der Waals surface area contributed by atoms with Gasteiger partial charge in [0.15, 0.2) is 0 Å². The zero-order valence-corrected chi connectivity index (χ0v) is 16.4. The standard InChI is InChI=1S/C20H22BrFN2O2/c1-3-23-20(26)14(2)24(13-16-5-4-6-17(21)11-16)19(25)12-15-7-9-18(22)10-8-15/h4-11,14H,3,12-13H2,1-2H3,(H,23,26)/t14-/m1/s1. The number of hydrogen-bond acceptors (Lipinski definition) is 2. The van der Waals surface area contributed by atoms with E-state index in [2.05, 4.69) is 21.2 Å². The largest absolute Gasteiger partial charge is 0.355 e. The summed E-state index contributed by atoms with van der Waals surface area (Å²) in [7, 11) is 0. The second-order valence-electron chi connectivity index (χ2n) is 6.03. The molecule has 0 aliphatic rings. The topological polar surface area (TPSA) is 49.4 Å². The Balaban J connectivity index is 2.21. The van der Waals surface area contributed by atoms with Gasteiger partial charge in [0.2, 0.25) is 11.8 Å². The maximum atomic E-state index is 13.1. The molecule has 0 fully saturated rings. The molecule has 2 rings (SSSR count). The summed E-state index contributed by atoms with van der Waals surface area (Å²) in [5.41, 5.74) is 1.63. The Labute approximate surface area is 161 Å². The molecule has 4 nitrogen and oxygen atoms in total. The van der Waals surface area contributed by atoms with E-state index in [-0.39, 0.29) is 24.1 Å². The van der Waals surface area contributed by atoms with Crippen LogP contribution in [-0.4, -0.2) is 29.3 Å². The highest BCUT2D eigenvalue weighted by Gasteiger charge is 2.25. The van der Waals surface area contributed by atoms with Gasteiger partial charge in [0.1, 0.15) is 11.9 Å². The lowest BCUT2D eigenvalue weighted by Gasteiger charge is -2.29. The maximum Gasteiger partial charge on any atom is 0.242 e. The summed E-state index contributed by atoms with van der Waals surface area (Å²) < 4.78 is 14.0. The Hall–Kier alpha value is -2.21. The Morgan fingerprint density at radius 2 is 1.85 bits per heavy atom. The Kier molecular flexibility index (Phi) is 7.33. The first-order valence-corrected chi connectivity index (χ1v) is 9.26. The molecule has 26 heavy (non-hydrogen) atoms. The van der Waals surface area contributed by atoms with Crippen LogP contribution in [-0.2, 0) is 22.6 Å². The predicted octanol–water partition coefficient (Wildman–Crippen LogP) is 3.68. The van der Waals surface area contributed by atoms with Gasteiger partial charge in [0.05, 0.1) is 6.42 Å². The zero-order chi connectivity index (χ0) is 19.1. The molecule has 0 saturated heterocycles. The third kappa shape index (κ3) is 5.66. The first-order valence-electron chi connectivity index (χ1n) is 8.46. The van der Waals surface area contributed by atoms with Gasteiger partial charge in [0.25, 0.3) is 0 Å². The number of likely N-dealkylation sites (N-methyl/N-ethyl adjacent to an activating group) is 1. The highest BCUT2D eigenvalue weighted by Crippen LogP contribution is 2.16. The van der Waals surface area contributed by atoms with Gasteiger partial charge < -0.3 is 10.2 Å². The number of halogens is 2. The number of hydrogen-bond donors (Lipinski definition) is 1. The Morgan fingerprint density at radius 1 is 1.15 bits per heavy atom. The van der Waals surface area contributed by atoms with Crippen LogP contribution in [0, 0.1) is 5.82 Å². The van der Waals surface area contributed by atoms with E-state index in [1.165, 1.54) is 12.1 Å². The van der Waals surface area contributed by atoms with Crippen LogP contribution < -0.4 is 5.32 Å². The molecule has 2 amide bonds. The molecule has 1 atom stereocenters. The summed E-state index contributed by atoms with van der Waals surface area (Å²) in [6.07, 6.45) is 0.109. The van der Waals surface area contributed by atoms with E-state index < -0.39 is 6.04 Å². The predicted molar refractivity (Wildman–Crippen MR) is 103 cm³/mol. The van der Waals surface area contributed by atoms with Crippen molar-refractivity contribution in [2.45, 2.75) is 32.9 Å². The van der Waals surface area contributed by atoms with E-state index in [4.69, 9.17) is 0 Å². The van der Waals surface area contributed by atoms with Crippen molar-refractivity contribution in [3.8, 4) is 0 Å². The summed E-state index contributed by atoms with van der Waals surface area (Å²) in [6.45, 7) is 4.37. The van der Waals surface area contributed by atoms with Gasteiger partial charge in [-0.3, -0.25) is 9.59 Å². The molecule has 0 heterocycles. The lowest BCUT2D eigenvalue weighted by molar-refractivity contribution is -0.140. The maximum absolute atomic E-state index is 13.1. The van der Waals surface area contributed by atoms with Gasteiger partial charge in [-0.25, -0.2) is 4.39 Å². The van der Waals surface area contributed by atoms with Crippen molar-refractivity contribution < 1.29 is 14.0 Å². The van der Waals surface area contributed by atoms with Crippen LogP contribution in [0.15, 0.2) is 53.0 Å². The molecule has 0 aliphatic carbocycles. The quantitative estimate of drug-likeness (QED) is 0.742. The van der Waals surface area contributed by atoms with Crippen LogP contribution >= 0.6 is 15.9 Å². The van der Waals surface area contributed by atoms with Gasteiger partial charge >= 0.3 is 0 Å². The number of benzene rings is 2. The average molecular weight is 421 g/mol. The summed E-state index contributed by atoms with van der Waals surface area (Å²) >= 11 is 3.42. The van der Waals surface area contributed by atoms with E-state index in [1.54, 1.807) is 24.0 Å². The first kappa shape index (κ1) is 20.1. The molecular weight excluding hydrogens is 399 g/mol. The first-order chi connectivity index (χ1) is 12.4. The van der Waals surface area contributed by atoms with Crippen molar-refractivity contribution in [2.24, 2.45) is 0 Å². The minimum Gasteiger partial charge on any atom is -0.355 e. The molecule has 0 radical (unpaired) electrons. The van der Waals surface area contributed by atoms with Gasteiger partial charge in [0, 0.05) is 17.6 Å². The number of rotatable bonds is 7. The van der Waals surface area contributed by atoms with Crippen LogP contribution in [0.5, 0.6) is 0 Å². The van der Waals surface area contributed by atoms with E-state index >= 15 is 0 Å². The molecule has 2 aromatic carbocycles. The molecule has 0 unspecified atom stereocenters. The van der Waals surface area contributed by atoms with E-state index in [0.29, 0.717) is 18.7 Å². The molecule has 6 heteroatoms. The summed E-state index contributed by atoms with van der Waals surface area (Å²) in [4.78, 5) is 26.7. The van der Waals surface area contributed by atoms with Crippen molar-refractivity contribution in [1.82, 2.24) is 10.2 Å². The third-order valence-electron chi connectivity index (χ3n) is 4.03. The summed E-state index contributed by atoms with van der Waals surface area (Å²) in [6, 6.07) is 12.8. The number of nitrogens with one attached hydrogen (secondary N) is 1. The minimum atomic E-state index is -0.609. The van der Waals surface area contributed by atoms with Crippen molar-refractivity contribution in [3.05, 3.63) is 69.9 Å². The zero-order valence-electron chi connectivity index (χ0n) is 14.8. The van der Waals surface area contributed by atoms with Crippen LogP contribution in [0.25, 0.3) is 0 Å². The van der Waals surface area contributed by atoms with Crippen LogP contribution in [0.2, 0.25) is 0 Å². The second kappa shape index (κ2) is 9.48. The van der Waals surface area contributed by atoms with E-state index in [9.17, 15) is 14.0 Å². The minimum absolute atomic E-state index is 0.109. The SMILES string of the molecule is CCNC(=O)[C@@H](C)N(Cc1cccc(Br)c1)C(=O)Cc1ccc(F)cc1. The second-order valence-corrected chi connectivity index (χ2v) is 6.94. The number of carbonyl (C=O) groups is 2. The summed E-state index contributed by atoms with van der Waals surface area (Å²) in [5.74, 6) is -0.729. The number of carbonyl (C=O) groups excluding carboxylic acids is 2. The van der Waals surface area contributed by atoms with E-state index in [1.807, 2.05) is 31.2 Å². The lowest BCUT2D eigenvalue weighted by Crippen LogP contribution is -2.48. The smallest absolute Gasteiger partial charge is 0.242 e. The van der Waals surface area contributed by atoms with Crippen molar-refractivity contribution in [1.29, 1.82) is 0 Å². The molecule has 0 saturated carbocycles. The number of nitrogens with zero attached hydrogens (tertiary/aromatic N) is 1. The molecule has 0 aliphatic heterocycles. The molecule has 2 aromatic rings. The molecule has 138 valence electrons. The van der Waals surface area contributed by atoms with E-state index in [0.717, 1.165) is 10.0 Å². The monoisotopic (exact) mass is 420 g/mol. The molecule has 0 aromatic heterocycles. The van der Waals surface area contributed by atoms with Gasteiger partial charge in [-0.05, 0) is 49.2 Å². The third-order valence-corrected chi connectivity index (χ3v) is 4.52. The van der Waals surface area contributed by atoms with Gasteiger partial charge in [-0.2, -0.15) is 0 Å². The average Bonchev–Trinajstić information content (AvgIpc) is 2.61. The molecular formula is C20H22BrFN2O2. The van der Waals surface area contributed by atoms with Crippen LogP contribution in [0.1, 0.15) is 25.0 Å². The molecule has 0 bridgehead atoms. The Bertz CT molecular complexity index is 765. The van der Waals surface area contributed by atoms with Crippen LogP contribution in [0.4, 0.5) is 4.39 Å². The molecule has 0 spiro atoms. The normalized spacial score (nSPS) is 11.7. The molecule has 1 N–H and O–H groups in total. The van der Waals surface area contributed by atoms with Crippen LogP contribution in [0.3, 0.4) is 0 Å². The highest BCUT2D eigenvalue weighted by molar-refractivity contribution is 9.10. The lowest BCUT2D eigenvalue weighted by atomic mass is 10.1.